The van der Waals surface area contributed by atoms with Gasteiger partial charge in [-0.25, -0.2) is 0 Å². The normalized spacial score (nSPS) is 25.2. The highest BCUT2D eigenvalue weighted by molar-refractivity contribution is 5.44. The van der Waals surface area contributed by atoms with E-state index < -0.39 is 0 Å². The Bertz CT molecular complexity index is 450. The molecule has 1 aromatic rings. The zero-order valence-corrected chi connectivity index (χ0v) is 11.5. The molecule has 1 aromatic carbocycles. The van der Waals surface area contributed by atoms with Crippen molar-refractivity contribution < 1.29 is 9.47 Å². The van der Waals surface area contributed by atoms with Crippen LogP contribution in [0.15, 0.2) is 18.2 Å². The monoisotopic (exact) mass is 262 g/mol. The van der Waals surface area contributed by atoms with Crippen LogP contribution in [0.1, 0.15) is 24.8 Å². The number of hydrogen-bond acceptors (Lipinski definition) is 4. The lowest BCUT2D eigenvalue weighted by atomic mass is 10.1. The van der Waals surface area contributed by atoms with Gasteiger partial charge in [-0.2, -0.15) is 0 Å². The molecule has 1 heterocycles. The van der Waals surface area contributed by atoms with Crippen molar-refractivity contribution in [3.8, 4) is 11.5 Å². The molecule has 1 aliphatic heterocycles. The van der Waals surface area contributed by atoms with Gasteiger partial charge in [0.15, 0.2) is 11.5 Å². The van der Waals surface area contributed by atoms with Crippen LogP contribution in [-0.2, 0) is 6.42 Å². The largest absolute Gasteiger partial charge is 0.454 e. The van der Waals surface area contributed by atoms with Crippen molar-refractivity contribution in [1.29, 1.82) is 0 Å². The highest BCUT2D eigenvalue weighted by atomic mass is 16.7. The summed E-state index contributed by atoms with van der Waals surface area (Å²) in [5.41, 5.74) is 7.44. The number of rotatable bonds is 4. The Hall–Kier alpha value is -1.26. The van der Waals surface area contributed by atoms with Gasteiger partial charge in [0, 0.05) is 18.6 Å². The number of benzene rings is 1. The summed E-state index contributed by atoms with van der Waals surface area (Å²) in [6.07, 6.45) is 4.69. The van der Waals surface area contributed by atoms with Crippen molar-refractivity contribution in [3.05, 3.63) is 23.8 Å². The summed E-state index contributed by atoms with van der Waals surface area (Å²) in [5.74, 6) is 1.73. The van der Waals surface area contributed by atoms with E-state index in [-0.39, 0.29) is 0 Å². The predicted octanol–water partition coefficient (Wildman–Crippen LogP) is 1.77. The molecule has 4 nitrogen and oxygen atoms in total. The molecule has 2 atom stereocenters. The minimum Gasteiger partial charge on any atom is -0.454 e. The summed E-state index contributed by atoms with van der Waals surface area (Å²) in [7, 11) is 2.18. The third kappa shape index (κ3) is 2.69. The second-order valence-electron chi connectivity index (χ2n) is 5.58. The first kappa shape index (κ1) is 12.8. The number of nitrogens with two attached hydrogens (primary N) is 1. The standard InChI is InChI=1S/C15H22N2O2/c1-17(13-4-2-3-12(13)16)8-7-11-5-6-14-15(9-11)19-10-18-14/h5-6,9,12-13H,2-4,7-8,10,16H2,1H3. The Kier molecular flexibility index (Phi) is 3.62. The van der Waals surface area contributed by atoms with Crippen LogP contribution in [0.25, 0.3) is 0 Å². The summed E-state index contributed by atoms with van der Waals surface area (Å²) in [5, 5.41) is 0. The second kappa shape index (κ2) is 5.39. The van der Waals surface area contributed by atoms with E-state index >= 15 is 0 Å². The van der Waals surface area contributed by atoms with Gasteiger partial charge in [-0.05, 0) is 44.0 Å². The Labute approximate surface area is 114 Å². The van der Waals surface area contributed by atoms with Gasteiger partial charge in [-0.15, -0.1) is 0 Å². The van der Waals surface area contributed by atoms with Gasteiger partial charge in [-0.1, -0.05) is 12.5 Å². The zero-order chi connectivity index (χ0) is 13.2. The lowest BCUT2D eigenvalue weighted by molar-refractivity contribution is 0.174. The van der Waals surface area contributed by atoms with Gasteiger partial charge < -0.3 is 20.1 Å². The lowest BCUT2D eigenvalue weighted by Crippen LogP contribution is -2.42. The third-order valence-corrected chi connectivity index (χ3v) is 4.29. The fourth-order valence-electron chi connectivity index (χ4n) is 3.08. The SMILES string of the molecule is CN(CCc1ccc2c(c1)OCO2)C1CCCC1N. The van der Waals surface area contributed by atoms with Crippen LogP contribution in [0.2, 0.25) is 0 Å². The van der Waals surface area contributed by atoms with Crippen LogP contribution in [-0.4, -0.2) is 37.4 Å². The molecule has 0 aromatic heterocycles. The molecule has 104 valence electrons. The molecule has 1 saturated carbocycles. The van der Waals surface area contributed by atoms with Crippen molar-refractivity contribution in [2.45, 2.75) is 37.8 Å². The number of likely N-dealkylation sites (N-methyl/N-ethyl adjacent to an activating group) is 1. The van der Waals surface area contributed by atoms with E-state index in [0.717, 1.165) is 24.5 Å². The van der Waals surface area contributed by atoms with Gasteiger partial charge in [0.1, 0.15) is 0 Å². The molecule has 0 bridgehead atoms. The highest BCUT2D eigenvalue weighted by Gasteiger charge is 2.27. The van der Waals surface area contributed by atoms with Crippen LogP contribution in [0.4, 0.5) is 0 Å². The summed E-state index contributed by atoms with van der Waals surface area (Å²) < 4.78 is 10.7. The van der Waals surface area contributed by atoms with Crippen molar-refractivity contribution in [1.82, 2.24) is 4.90 Å². The predicted molar refractivity (Wildman–Crippen MR) is 74.5 cm³/mol. The van der Waals surface area contributed by atoms with Crippen molar-refractivity contribution >= 4 is 0 Å². The van der Waals surface area contributed by atoms with Gasteiger partial charge in [0.05, 0.1) is 0 Å². The molecule has 4 heteroatoms. The van der Waals surface area contributed by atoms with Crippen LogP contribution < -0.4 is 15.2 Å². The summed E-state index contributed by atoms with van der Waals surface area (Å²) >= 11 is 0. The molecular weight excluding hydrogens is 240 g/mol. The minimum atomic E-state index is 0.343. The second-order valence-corrected chi connectivity index (χ2v) is 5.58. The summed E-state index contributed by atoms with van der Waals surface area (Å²) in [6, 6.07) is 7.11. The molecule has 0 radical (unpaired) electrons. The Morgan fingerprint density at radius 2 is 2.11 bits per heavy atom. The lowest BCUT2D eigenvalue weighted by Gasteiger charge is -2.27. The van der Waals surface area contributed by atoms with E-state index in [4.69, 9.17) is 15.2 Å². The van der Waals surface area contributed by atoms with Crippen LogP contribution in [0, 0.1) is 0 Å². The van der Waals surface area contributed by atoms with Crippen LogP contribution in [0.5, 0.6) is 11.5 Å². The van der Waals surface area contributed by atoms with Gasteiger partial charge in [-0.3, -0.25) is 0 Å². The maximum absolute atomic E-state index is 6.14. The van der Waals surface area contributed by atoms with E-state index in [2.05, 4.69) is 24.1 Å². The van der Waals surface area contributed by atoms with Crippen molar-refractivity contribution in [3.63, 3.8) is 0 Å². The average Bonchev–Trinajstić information content (AvgIpc) is 3.03. The van der Waals surface area contributed by atoms with Crippen molar-refractivity contribution in [2.24, 2.45) is 5.73 Å². The summed E-state index contributed by atoms with van der Waals surface area (Å²) in [6.45, 7) is 1.38. The third-order valence-electron chi connectivity index (χ3n) is 4.29. The van der Waals surface area contributed by atoms with Crippen LogP contribution in [0.3, 0.4) is 0 Å². The topological polar surface area (TPSA) is 47.7 Å². The van der Waals surface area contributed by atoms with Crippen molar-refractivity contribution in [2.75, 3.05) is 20.4 Å². The molecule has 0 spiro atoms. The van der Waals surface area contributed by atoms with E-state index in [1.807, 2.05) is 6.07 Å². The van der Waals surface area contributed by atoms with E-state index in [9.17, 15) is 0 Å². The number of fused-ring (bicyclic) bond motifs is 1. The first-order valence-electron chi connectivity index (χ1n) is 7.08. The average molecular weight is 262 g/mol. The quantitative estimate of drug-likeness (QED) is 0.898. The molecule has 1 fully saturated rings. The first-order chi connectivity index (χ1) is 9.24. The fourth-order valence-corrected chi connectivity index (χ4v) is 3.08. The fraction of sp³-hybridized carbons (Fsp3) is 0.600. The molecule has 2 N–H and O–H groups in total. The maximum atomic E-state index is 6.14. The highest BCUT2D eigenvalue weighted by Crippen LogP contribution is 2.32. The Morgan fingerprint density at radius 1 is 1.26 bits per heavy atom. The number of hydrogen-bond donors (Lipinski definition) is 1. The minimum absolute atomic E-state index is 0.343. The van der Waals surface area contributed by atoms with Gasteiger partial charge in [0.2, 0.25) is 6.79 Å². The molecule has 2 aliphatic rings. The van der Waals surface area contributed by atoms with E-state index in [0.29, 0.717) is 18.9 Å². The number of nitrogens with zero attached hydrogens (tertiary/aromatic N) is 1. The zero-order valence-electron chi connectivity index (χ0n) is 11.5. The molecule has 0 saturated heterocycles. The molecule has 0 amide bonds. The molecular formula is C15H22N2O2. The number of ether oxygens (including phenoxy) is 2. The molecule has 2 unspecified atom stereocenters. The smallest absolute Gasteiger partial charge is 0.231 e. The maximum Gasteiger partial charge on any atom is 0.231 e. The van der Waals surface area contributed by atoms with E-state index in [1.165, 1.54) is 24.8 Å². The van der Waals surface area contributed by atoms with Gasteiger partial charge in [0.25, 0.3) is 0 Å². The Morgan fingerprint density at radius 3 is 2.89 bits per heavy atom. The van der Waals surface area contributed by atoms with E-state index in [1.54, 1.807) is 0 Å². The van der Waals surface area contributed by atoms with Gasteiger partial charge >= 0.3 is 0 Å². The molecule has 1 aliphatic carbocycles. The van der Waals surface area contributed by atoms with Crippen LogP contribution >= 0.6 is 0 Å². The first-order valence-corrected chi connectivity index (χ1v) is 7.08. The molecule has 3 rings (SSSR count). The molecule has 19 heavy (non-hydrogen) atoms. The summed E-state index contributed by atoms with van der Waals surface area (Å²) in [4.78, 5) is 2.41. The Balaban J connectivity index is 1.57.